The highest BCUT2D eigenvalue weighted by atomic mass is 79.9. The van der Waals surface area contributed by atoms with Crippen molar-refractivity contribution in [2.24, 2.45) is 0 Å². The van der Waals surface area contributed by atoms with Gasteiger partial charge in [0.25, 0.3) is 0 Å². The van der Waals surface area contributed by atoms with E-state index < -0.39 is 5.82 Å². The molecule has 0 saturated heterocycles. The maximum absolute atomic E-state index is 13.3. The number of halogens is 2. The van der Waals surface area contributed by atoms with Gasteiger partial charge in [-0.2, -0.15) is 10.5 Å². The first kappa shape index (κ1) is 14.0. The highest BCUT2D eigenvalue weighted by Gasteiger charge is 2.04. The fourth-order valence-corrected chi connectivity index (χ4v) is 2.14. The lowest BCUT2D eigenvalue weighted by atomic mass is 10.1. The first-order valence-electron chi connectivity index (χ1n) is 5.75. The van der Waals surface area contributed by atoms with Crippen molar-refractivity contribution in [3.63, 3.8) is 0 Å². The second kappa shape index (κ2) is 6.18. The van der Waals surface area contributed by atoms with E-state index in [1.165, 1.54) is 12.1 Å². The van der Waals surface area contributed by atoms with Crippen LogP contribution in [-0.2, 0) is 6.54 Å². The molecule has 0 aromatic heterocycles. The van der Waals surface area contributed by atoms with E-state index in [0.717, 1.165) is 4.47 Å². The van der Waals surface area contributed by atoms with E-state index in [-0.39, 0.29) is 5.56 Å². The predicted octanol–water partition coefficient (Wildman–Crippen LogP) is 3.94. The van der Waals surface area contributed by atoms with Crippen LogP contribution in [0.15, 0.2) is 40.9 Å². The Kier molecular flexibility index (Phi) is 4.34. The van der Waals surface area contributed by atoms with Crippen molar-refractivity contribution < 1.29 is 4.39 Å². The average Bonchev–Trinajstić information content (AvgIpc) is 2.45. The van der Waals surface area contributed by atoms with Crippen molar-refractivity contribution in [2.75, 3.05) is 5.32 Å². The summed E-state index contributed by atoms with van der Waals surface area (Å²) in [5.74, 6) is -0.447. The van der Waals surface area contributed by atoms with Gasteiger partial charge >= 0.3 is 0 Å². The first-order valence-corrected chi connectivity index (χ1v) is 6.55. The van der Waals surface area contributed by atoms with Gasteiger partial charge in [0.2, 0.25) is 0 Å². The van der Waals surface area contributed by atoms with Crippen molar-refractivity contribution in [1.29, 1.82) is 10.5 Å². The number of nitriles is 2. The highest BCUT2D eigenvalue weighted by Crippen LogP contribution is 2.21. The molecule has 0 amide bonds. The van der Waals surface area contributed by atoms with Crippen molar-refractivity contribution >= 4 is 21.6 Å². The summed E-state index contributed by atoms with van der Waals surface area (Å²) in [5.41, 5.74) is 2.08. The normalized spacial score (nSPS) is 9.60. The standard InChI is InChI=1S/C15H9BrFN3/c16-13-1-2-15(12(6-13)8-19)20-9-11-3-10(7-18)4-14(17)5-11/h1-6,20H,9H2. The van der Waals surface area contributed by atoms with Gasteiger partial charge in [0.15, 0.2) is 0 Å². The molecular weight excluding hydrogens is 321 g/mol. The van der Waals surface area contributed by atoms with Crippen molar-refractivity contribution in [3.05, 3.63) is 63.4 Å². The van der Waals surface area contributed by atoms with E-state index in [2.05, 4.69) is 27.3 Å². The number of rotatable bonds is 3. The highest BCUT2D eigenvalue weighted by molar-refractivity contribution is 9.10. The van der Waals surface area contributed by atoms with Crippen LogP contribution in [0, 0.1) is 28.5 Å². The molecule has 5 heteroatoms. The Morgan fingerprint density at radius 3 is 2.60 bits per heavy atom. The Morgan fingerprint density at radius 1 is 1.10 bits per heavy atom. The maximum Gasteiger partial charge on any atom is 0.124 e. The van der Waals surface area contributed by atoms with Gasteiger partial charge in [0.05, 0.1) is 22.9 Å². The van der Waals surface area contributed by atoms with E-state index >= 15 is 0 Å². The van der Waals surface area contributed by atoms with Gasteiger partial charge in [-0.15, -0.1) is 0 Å². The molecule has 20 heavy (non-hydrogen) atoms. The third-order valence-electron chi connectivity index (χ3n) is 2.67. The SMILES string of the molecule is N#Cc1cc(F)cc(CNc2ccc(Br)cc2C#N)c1. The van der Waals surface area contributed by atoms with E-state index in [1.54, 1.807) is 18.2 Å². The number of nitrogens with zero attached hydrogens (tertiary/aromatic N) is 2. The van der Waals surface area contributed by atoms with Crippen LogP contribution in [0.5, 0.6) is 0 Å². The van der Waals surface area contributed by atoms with Crippen LogP contribution in [0.4, 0.5) is 10.1 Å². The molecule has 0 aliphatic heterocycles. The van der Waals surface area contributed by atoms with Crippen LogP contribution in [0.1, 0.15) is 16.7 Å². The first-order chi connectivity index (χ1) is 9.62. The zero-order valence-corrected chi connectivity index (χ0v) is 11.9. The molecule has 1 N–H and O–H groups in total. The van der Waals surface area contributed by atoms with E-state index in [0.29, 0.717) is 23.4 Å². The quantitative estimate of drug-likeness (QED) is 0.927. The van der Waals surface area contributed by atoms with Crippen molar-refractivity contribution in [2.45, 2.75) is 6.54 Å². The molecule has 2 rings (SSSR count). The molecule has 0 radical (unpaired) electrons. The molecule has 0 aliphatic carbocycles. The van der Waals surface area contributed by atoms with Crippen LogP contribution in [0.2, 0.25) is 0 Å². The lowest BCUT2D eigenvalue weighted by Gasteiger charge is -2.09. The minimum Gasteiger partial charge on any atom is -0.380 e. The smallest absolute Gasteiger partial charge is 0.124 e. The van der Waals surface area contributed by atoms with E-state index in [1.807, 2.05) is 12.1 Å². The van der Waals surface area contributed by atoms with Crippen molar-refractivity contribution in [3.8, 4) is 12.1 Å². The summed E-state index contributed by atoms with van der Waals surface area (Å²) in [6.45, 7) is 0.336. The molecule has 98 valence electrons. The van der Waals surface area contributed by atoms with Gasteiger partial charge in [-0.3, -0.25) is 0 Å². The molecule has 0 heterocycles. The summed E-state index contributed by atoms with van der Waals surface area (Å²) < 4.78 is 14.1. The summed E-state index contributed by atoms with van der Waals surface area (Å²) in [6, 6.07) is 13.4. The molecule has 0 spiro atoms. The fraction of sp³-hybridized carbons (Fsp3) is 0.0667. The summed E-state index contributed by atoms with van der Waals surface area (Å²) in [7, 11) is 0. The average molecular weight is 330 g/mol. The number of hydrogen-bond donors (Lipinski definition) is 1. The fourth-order valence-electron chi connectivity index (χ4n) is 1.78. The molecule has 0 atom stereocenters. The Morgan fingerprint density at radius 2 is 1.90 bits per heavy atom. The zero-order valence-electron chi connectivity index (χ0n) is 10.3. The summed E-state index contributed by atoms with van der Waals surface area (Å²) in [5, 5.41) is 20.9. The molecule has 2 aromatic rings. The summed E-state index contributed by atoms with van der Waals surface area (Å²) >= 11 is 3.30. The number of anilines is 1. The van der Waals surface area contributed by atoms with Crippen molar-refractivity contribution in [1.82, 2.24) is 0 Å². The molecule has 2 aromatic carbocycles. The Hall–Kier alpha value is -2.37. The van der Waals surface area contributed by atoms with E-state index in [4.69, 9.17) is 10.5 Å². The van der Waals surface area contributed by atoms with Crippen LogP contribution in [0.3, 0.4) is 0 Å². The monoisotopic (exact) mass is 329 g/mol. The molecule has 0 aliphatic rings. The van der Waals surface area contributed by atoms with Crippen LogP contribution < -0.4 is 5.32 Å². The molecular formula is C15H9BrFN3. The second-order valence-electron chi connectivity index (χ2n) is 4.12. The zero-order chi connectivity index (χ0) is 14.5. The van der Waals surface area contributed by atoms with Gasteiger partial charge in [-0.25, -0.2) is 4.39 Å². The van der Waals surface area contributed by atoms with Gasteiger partial charge in [0, 0.05) is 11.0 Å². The maximum atomic E-state index is 13.3. The molecule has 0 saturated carbocycles. The largest absolute Gasteiger partial charge is 0.380 e. The van der Waals surface area contributed by atoms with E-state index in [9.17, 15) is 4.39 Å². The second-order valence-corrected chi connectivity index (χ2v) is 5.03. The minimum atomic E-state index is -0.447. The Balaban J connectivity index is 2.20. The summed E-state index contributed by atoms with van der Waals surface area (Å²) in [6.07, 6.45) is 0. The molecule has 0 bridgehead atoms. The Labute approximate surface area is 124 Å². The minimum absolute atomic E-state index is 0.276. The predicted molar refractivity (Wildman–Crippen MR) is 77.3 cm³/mol. The third kappa shape index (κ3) is 3.34. The Bertz CT molecular complexity index is 729. The summed E-state index contributed by atoms with van der Waals surface area (Å²) in [4.78, 5) is 0. The molecule has 0 fully saturated rings. The number of nitrogens with one attached hydrogen (secondary N) is 1. The number of benzene rings is 2. The van der Waals surface area contributed by atoms with Gasteiger partial charge in [-0.05, 0) is 42.0 Å². The van der Waals surface area contributed by atoms with Gasteiger partial charge < -0.3 is 5.32 Å². The number of hydrogen-bond acceptors (Lipinski definition) is 3. The third-order valence-corrected chi connectivity index (χ3v) is 3.16. The molecule has 3 nitrogen and oxygen atoms in total. The lowest BCUT2D eigenvalue weighted by molar-refractivity contribution is 0.625. The molecule has 0 unspecified atom stereocenters. The van der Waals surface area contributed by atoms with Crippen LogP contribution in [0.25, 0.3) is 0 Å². The topological polar surface area (TPSA) is 59.6 Å². The van der Waals surface area contributed by atoms with Crippen LogP contribution >= 0.6 is 15.9 Å². The lowest BCUT2D eigenvalue weighted by Crippen LogP contribution is -2.02. The van der Waals surface area contributed by atoms with Gasteiger partial charge in [-0.1, -0.05) is 15.9 Å². The van der Waals surface area contributed by atoms with Crippen LogP contribution in [-0.4, -0.2) is 0 Å². The van der Waals surface area contributed by atoms with Gasteiger partial charge in [0.1, 0.15) is 11.9 Å².